The predicted octanol–water partition coefficient (Wildman–Crippen LogP) is 6.29. The van der Waals surface area contributed by atoms with Gasteiger partial charge in [0.25, 0.3) is 0 Å². The van der Waals surface area contributed by atoms with Crippen LogP contribution >= 0.6 is 0 Å². The van der Waals surface area contributed by atoms with E-state index >= 15 is 0 Å². The molecule has 0 radical (unpaired) electrons. The largest absolute Gasteiger partial charge is 0.748 e. The van der Waals surface area contributed by atoms with Crippen molar-refractivity contribution >= 4 is 10.1 Å². The number of hydrogen-bond acceptors (Lipinski definition) is 4. The first-order valence-electron chi connectivity index (χ1n) is 12.7. The van der Waals surface area contributed by atoms with Gasteiger partial charge in [-0.2, -0.15) is 0 Å². The highest BCUT2D eigenvalue weighted by Crippen LogP contribution is 2.13. The molecule has 0 aliphatic heterocycles. The molecule has 0 fully saturated rings. The van der Waals surface area contributed by atoms with Crippen LogP contribution in [-0.4, -0.2) is 76.9 Å². The van der Waals surface area contributed by atoms with Crippen LogP contribution in [0.2, 0.25) is 0 Å². The Labute approximate surface area is 197 Å². The maximum atomic E-state index is 9.68. The lowest BCUT2D eigenvalue weighted by Gasteiger charge is -2.23. The van der Waals surface area contributed by atoms with Crippen LogP contribution in [0.5, 0.6) is 0 Å². The Morgan fingerprint density at radius 2 is 0.903 bits per heavy atom. The molecular formula is C25H58N2O3S. The second-order valence-corrected chi connectivity index (χ2v) is 11.7. The molecule has 0 saturated carbocycles. The van der Waals surface area contributed by atoms with E-state index in [-0.39, 0.29) is 5.75 Å². The van der Waals surface area contributed by atoms with Crippen molar-refractivity contribution in [2.75, 3.05) is 54.6 Å². The summed E-state index contributed by atoms with van der Waals surface area (Å²) in [5.41, 5.74) is 0. The summed E-state index contributed by atoms with van der Waals surface area (Å²) in [5, 5.41) is 0. The Morgan fingerprint density at radius 3 is 1.10 bits per heavy atom. The Balaban J connectivity index is -0.000000585. The van der Waals surface area contributed by atoms with E-state index in [9.17, 15) is 13.0 Å². The highest BCUT2D eigenvalue weighted by Gasteiger charge is 2.04. The first kappa shape index (κ1) is 35.4. The molecule has 0 aliphatic rings. The number of rotatable bonds is 17. The Bertz CT molecular complexity index is 430. The van der Waals surface area contributed by atoms with Crippen LogP contribution in [0.1, 0.15) is 110 Å². The van der Waals surface area contributed by atoms with E-state index in [2.05, 4.69) is 28.1 Å². The zero-order chi connectivity index (χ0) is 24.6. The zero-order valence-electron chi connectivity index (χ0n) is 22.5. The maximum Gasteiger partial charge on any atom is 0.0945 e. The molecule has 0 spiro atoms. The van der Waals surface area contributed by atoms with E-state index in [1.165, 1.54) is 96.4 Å². The molecular weight excluding hydrogens is 408 g/mol. The summed E-state index contributed by atoms with van der Waals surface area (Å²) in [4.78, 5) is 2.00. The SMILES string of the molecule is CCCCCCCCCCCCCCCC[N+](C)(C)C.CCCS(=O)(=O)[O-].CN(C)C. The molecule has 6 heteroatoms. The van der Waals surface area contributed by atoms with Crippen molar-refractivity contribution in [2.45, 2.75) is 110 Å². The molecule has 0 bridgehead atoms. The minimum absolute atomic E-state index is 0.243. The molecule has 0 aromatic heterocycles. The zero-order valence-corrected chi connectivity index (χ0v) is 23.4. The molecule has 0 rings (SSSR count). The van der Waals surface area contributed by atoms with Gasteiger partial charge in [0.15, 0.2) is 0 Å². The van der Waals surface area contributed by atoms with Crippen molar-refractivity contribution in [1.29, 1.82) is 0 Å². The minimum Gasteiger partial charge on any atom is -0.748 e. The smallest absolute Gasteiger partial charge is 0.0945 e. The average Bonchev–Trinajstić information content (AvgIpc) is 2.60. The fraction of sp³-hybridized carbons (Fsp3) is 1.00. The van der Waals surface area contributed by atoms with Gasteiger partial charge in [0.1, 0.15) is 0 Å². The predicted molar refractivity (Wildman–Crippen MR) is 138 cm³/mol. The summed E-state index contributed by atoms with van der Waals surface area (Å²) in [5.74, 6) is -0.243. The Hall–Kier alpha value is -0.170. The van der Waals surface area contributed by atoms with Gasteiger partial charge in [-0.15, -0.1) is 0 Å². The third-order valence-corrected chi connectivity index (χ3v) is 5.54. The molecule has 0 atom stereocenters. The third-order valence-electron chi connectivity index (χ3n) is 4.64. The lowest BCUT2D eigenvalue weighted by Crippen LogP contribution is -2.35. The molecule has 0 amide bonds. The van der Waals surface area contributed by atoms with E-state index in [4.69, 9.17) is 0 Å². The van der Waals surface area contributed by atoms with Crippen LogP contribution in [0.4, 0.5) is 0 Å². The van der Waals surface area contributed by atoms with Gasteiger partial charge in [0.2, 0.25) is 0 Å². The highest BCUT2D eigenvalue weighted by molar-refractivity contribution is 7.85. The Kier molecular flexibility index (Phi) is 28.0. The van der Waals surface area contributed by atoms with Crippen LogP contribution in [0.3, 0.4) is 0 Å². The number of quaternary nitrogens is 1. The topological polar surface area (TPSA) is 60.4 Å². The van der Waals surface area contributed by atoms with E-state index in [1.54, 1.807) is 6.92 Å². The highest BCUT2D eigenvalue weighted by atomic mass is 32.2. The second-order valence-electron chi connectivity index (χ2n) is 10.2. The molecule has 0 aliphatic carbocycles. The van der Waals surface area contributed by atoms with E-state index in [0.717, 1.165) is 4.48 Å². The summed E-state index contributed by atoms with van der Waals surface area (Å²) in [6, 6.07) is 0. The van der Waals surface area contributed by atoms with Crippen molar-refractivity contribution in [3.63, 3.8) is 0 Å². The maximum absolute atomic E-state index is 9.68. The minimum atomic E-state index is -3.92. The molecule has 5 nitrogen and oxygen atoms in total. The third kappa shape index (κ3) is 53.2. The monoisotopic (exact) mass is 466 g/mol. The fourth-order valence-corrected chi connectivity index (χ4v) is 3.53. The quantitative estimate of drug-likeness (QED) is 0.143. The van der Waals surface area contributed by atoms with Crippen molar-refractivity contribution in [3.8, 4) is 0 Å². The number of hydrogen-bond donors (Lipinski definition) is 0. The van der Waals surface area contributed by atoms with Crippen molar-refractivity contribution in [1.82, 2.24) is 4.90 Å². The Morgan fingerprint density at radius 1 is 0.613 bits per heavy atom. The molecule has 0 unspecified atom stereocenters. The van der Waals surface area contributed by atoms with Crippen LogP contribution in [0, 0.1) is 0 Å². The van der Waals surface area contributed by atoms with E-state index in [0.29, 0.717) is 6.42 Å². The average molecular weight is 467 g/mol. The molecule has 0 aromatic carbocycles. The van der Waals surface area contributed by atoms with Crippen molar-refractivity contribution in [3.05, 3.63) is 0 Å². The van der Waals surface area contributed by atoms with Crippen LogP contribution in [0.25, 0.3) is 0 Å². The summed E-state index contributed by atoms with van der Waals surface area (Å²) in [7, 11) is 8.96. The van der Waals surface area contributed by atoms with E-state index < -0.39 is 10.1 Å². The fourth-order valence-electron chi connectivity index (χ4n) is 3.03. The van der Waals surface area contributed by atoms with Gasteiger partial charge in [0, 0.05) is 5.75 Å². The lowest BCUT2D eigenvalue weighted by molar-refractivity contribution is -0.870. The summed E-state index contributed by atoms with van der Waals surface area (Å²) in [6.07, 6.45) is 20.8. The van der Waals surface area contributed by atoms with Gasteiger partial charge in [-0.3, -0.25) is 0 Å². The first-order chi connectivity index (χ1) is 14.4. The van der Waals surface area contributed by atoms with Crippen LogP contribution in [0.15, 0.2) is 0 Å². The van der Waals surface area contributed by atoms with Gasteiger partial charge >= 0.3 is 0 Å². The van der Waals surface area contributed by atoms with Crippen molar-refractivity contribution < 1.29 is 17.5 Å². The molecule has 192 valence electrons. The second kappa shape index (κ2) is 24.5. The van der Waals surface area contributed by atoms with Gasteiger partial charge in [-0.1, -0.05) is 90.9 Å². The molecule has 0 saturated heterocycles. The van der Waals surface area contributed by atoms with Crippen molar-refractivity contribution in [2.24, 2.45) is 0 Å². The van der Waals surface area contributed by atoms with Crippen LogP contribution < -0.4 is 0 Å². The summed E-state index contributed by atoms with van der Waals surface area (Å²) < 4.78 is 30.2. The summed E-state index contributed by atoms with van der Waals surface area (Å²) in [6.45, 7) is 5.27. The lowest BCUT2D eigenvalue weighted by atomic mass is 10.0. The van der Waals surface area contributed by atoms with Crippen LogP contribution in [-0.2, 0) is 10.1 Å². The van der Waals surface area contributed by atoms with Gasteiger partial charge in [-0.05, 0) is 40.4 Å². The molecule has 31 heavy (non-hydrogen) atoms. The summed E-state index contributed by atoms with van der Waals surface area (Å²) >= 11 is 0. The first-order valence-corrected chi connectivity index (χ1v) is 14.3. The van der Waals surface area contributed by atoms with Gasteiger partial charge < -0.3 is 13.9 Å². The number of nitrogens with zero attached hydrogens (tertiary/aromatic N) is 2. The van der Waals surface area contributed by atoms with Gasteiger partial charge in [0.05, 0.1) is 37.8 Å². The normalized spacial score (nSPS) is 11.5. The molecule has 0 aromatic rings. The van der Waals surface area contributed by atoms with E-state index in [1.807, 2.05) is 26.0 Å². The standard InChI is InChI=1S/C19H42N.C3H9N.C3H8O3S/c1-5-6-7-8-9-10-11-12-13-14-15-16-17-18-19-20(2,3)4;1-4(2)3;1-2-3-7(4,5)6/h5-19H2,1-4H3;1-3H3;2-3H2,1H3,(H,4,5,6)/q+1;;/p-1. The molecule has 0 heterocycles. The molecule has 0 N–H and O–H groups in total. The number of unbranched alkanes of at least 4 members (excludes halogenated alkanes) is 13. The van der Waals surface area contributed by atoms with Gasteiger partial charge in [-0.25, -0.2) is 8.42 Å².